The van der Waals surface area contributed by atoms with Gasteiger partial charge < -0.3 is 4.84 Å². The minimum absolute atomic E-state index is 0.357. The molecule has 0 aliphatic carbocycles. The first-order valence-corrected chi connectivity index (χ1v) is 4.05. The number of rotatable bonds is 1. The number of carbonyl (C=O) groups excluding carboxylic acids is 1. The normalized spacial score (nSPS) is 26.7. The van der Waals surface area contributed by atoms with Gasteiger partial charge in [0, 0.05) is 12.5 Å². The van der Waals surface area contributed by atoms with Crippen LogP contribution in [0.3, 0.4) is 0 Å². The highest BCUT2D eigenvalue weighted by Crippen LogP contribution is 2.32. The minimum Gasteiger partial charge on any atom is -0.360 e. The Hall–Kier alpha value is -0.920. The van der Waals surface area contributed by atoms with E-state index in [4.69, 9.17) is 0 Å². The second kappa shape index (κ2) is 3.58. The third kappa shape index (κ3) is 3.01. The molecule has 0 spiro atoms. The summed E-state index contributed by atoms with van der Waals surface area (Å²) in [5.74, 6) is -5.60. The second-order valence-electron chi connectivity index (χ2n) is 3.36. The molecular formula is C7H8F5NO2. The molecular weight excluding hydrogens is 225 g/mol. The summed E-state index contributed by atoms with van der Waals surface area (Å²) in [6.45, 7) is 0.251. The topological polar surface area (TPSA) is 29.5 Å². The third-order valence-corrected chi connectivity index (χ3v) is 1.90. The van der Waals surface area contributed by atoms with Gasteiger partial charge in [-0.1, -0.05) is 0 Å². The van der Waals surface area contributed by atoms with Gasteiger partial charge in [0.15, 0.2) is 0 Å². The van der Waals surface area contributed by atoms with Crippen LogP contribution in [0.15, 0.2) is 0 Å². The van der Waals surface area contributed by atoms with Crippen LogP contribution in [0.5, 0.6) is 0 Å². The highest BCUT2D eigenvalue weighted by atomic mass is 19.4. The lowest BCUT2D eigenvalue weighted by Crippen LogP contribution is -2.37. The Morgan fingerprint density at radius 2 is 2.00 bits per heavy atom. The van der Waals surface area contributed by atoms with E-state index in [9.17, 15) is 26.7 Å². The van der Waals surface area contributed by atoms with Gasteiger partial charge in [-0.15, -0.1) is 5.06 Å². The molecule has 0 saturated carbocycles. The zero-order valence-corrected chi connectivity index (χ0v) is 7.65. The molecule has 0 radical (unpaired) electrons. The average molecular weight is 233 g/mol. The SMILES string of the molecule is C[C@@H]1CC(F)(F)CN1OC(=O)C(F)(F)F. The first kappa shape index (κ1) is 12.2. The van der Waals surface area contributed by atoms with Crippen LogP contribution in [0.25, 0.3) is 0 Å². The van der Waals surface area contributed by atoms with E-state index in [0.717, 1.165) is 0 Å². The van der Waals surface area contributed by atoms with E-state index in [-0.39, 0.29) is 0 Å². The summed E-state index contributed by atoms with van der Waals surface area (Å²) >= 11 is 0. The molecule has 0 aromatic carbocycles. The van der Waals surface area contributed by atoms with Gasteiger partial charge in [0.25, 0.3) is 5.92 Å². The van der Waals surface area contributed by atoms with Crippen molar-refractivity contribution in [3.05, 3.63) is 0 Å². The summed E-state index contributed by atoms with van der Waals surface area (Å²) in [6, 6.07) is -0.925. The first-order valence-electron chi connectivity index (χ1n) is 4.05. The summed E-state index contributed by atoms with van der Waals surface area (Å²) in [7, 11) is 0. The fraction of sp³-hybridized carbons (Fsp3) is 0.857. The Morgan fingerprint density at radius 1 is 1.47 bits per heavy atom. The van der Waals surface area contributed by atoms with Gasteiger partial charge in [-0.05, 0) is 6.92 Å². The quantitative estimate of drug-likeness (QED) is 0.646. The standard InChI is InChI=1S/C7H8F5NO2/c1-4-2-6(8,9)3-13(4)15-5(14)7(10,11)12/h4H,2-3H2,1H3/t4-/m1/s1. The Labute approximate surface area is 81.7 Å². The van der Waals surface area contributed by atoms with Crippen LogP contribution in [0, 0.1) is 0 Å². The van der Waals surface area contributed by atoms with Gasteiger partial charge in [-0.25, -0.2) is 13.6 Å². The molecule has 1 fully saturated rings. The summed E-state index contributed by atoms with van der Waals surface area (Å²) in [5, 5.41) is 0.357. The molecule has 1 aliphatic heterocycles. The van der Waals surface area contributed by atoms with E-state index in [1.54, 1.807) is 0 Å². The van der Waals surface area contributed by atoms with Gasteiger partial charge in [-0.2, -0.15) is 13.2 Å². The molecule has 1 aliphatic rings. The molecule has 3 nitrogen and oxygen atoms in total. The highest BCUT2D eigenvalue weighted by Gasteiger charge is 2.49. The third-order valence-electron chi connectivity index (χ3n) is 1.90. The molecule has 1 rings (SSSR count). The van der Waals surface area contributed by atoms with E-state index in [1.165, 1.54) is 6.92 Å². The molecule has 0 amide bonds. The van der Waals surface area contributed by atoms with Gasteiger partial charge in [0.05, 0.1) is 6.54 Å². The molecule has 0 aromatic rings. The van der Waals surface area contributed by atoms with Crippen molar-refractivity contribution in [2.75, 3.05) is 6.54 Å². The molecule has 88 valence electrons. The van der Waals surface area contributed by atoms with Crippen molar-refractivity contribution in [3.8, 4) is 0 Å². The van der Waals surface area contributed by atoms with Crippen molar-refractivity contribution in [2.24, 2.45) is 0 Å². The van der Waals surface area contributed by atoms with Crippen LogP contribution in [0.4, 0.5) is 22.0 Å². The molecule has 1 saturated heterocycles. The maximum absolute atomic E-state index is 12.7. The second-order valence-corrected chi connectivity index (χ2v) is 3.36. The zero-order valence-electron chi connectivity index (χ0n) is 7.65. The average Bonchev–Trinajstić information content (AvgIpc) is 2.22. The molecule has 1 heterocycles. The number of hydrogen-bond acceptors (Lipinski definition) is 3. The maximum atomic E-state index is 12.7. The Bertz CT molecular complexity index is 265. The van der Waals surface area contributed by atoms with Crippen molar-refractivity contribution in [1.82, 2.24) is 5.06 Å². The molecule has 0 aromatic heterocycles. The number of halogens is 5. The number of hydroxylamine groups is 2. The monoisotopic (exact) mass is 233 g/mol. The fourth-order valence-electron chi connectivity index (χ4n) is 1.26. The molecule has 8 heteroatoms. The van der Waals surface area contributed by atoms with Gasteiger partial charge in [-0.3, -0.25) is 0 Å². The first-order chi connectivity index (χ1) is 6.62. The van der Waals surface area contributed by atoms with Crippen molar-refractivity contribution < 1.29 is 31.6 Å². The van der Waals surface area contributed by atoms with Crippen molar-refractivity contribution >= 4 is 5.97 Å². The molecule has 0 unspecified atom stereocenters. The van der Waals surface area contributed by atoms with Crippen LogP contribution in [0.1, 0.15) is 13.3 Å². The fourth-order valence-corrected chi connectivity index (χ4v) is 1.26. The van der Waals surface area contributed by atoms with Crippen LogP contribution in [-0.4, -0.2) is 35.7 Å². The van der Waals surface area contributed by atoms with E-state index in [2.05, 4.69) is 4.84 Å². The van der Waals surface area contributed by atoms with Gasteiger partial charge in [0.1, 0.15) is 0 Å². The summed E-state index contributed by atoms with van der Waals surface area (Å²) in [5.41, 5.74) is 0. The molecule has 0 bridgehead atoms. The number of carbonyl (C=O) groups is 1. The van der Waals surface area contributed by atoms with E-state index < -0.39 is 37.1 Å². The predicted molar refractivity (Wildman–Crippen MR) is 37.9 cm³/mol. The molecule has 0 N–H and O–H groups in total. The van der Waals surface area contributed by atoms with Crippen LogP contribution < -0.4 is 0 Å². The van der Waals surface area contributed by atoms with E-state index in [0.29, 0.717) is 5.06 Å². The van der Waals surface area contributed by atoms with Crippen LogP contribution in [0.2, 0.25) is 0 Å². The summed E-state index contributed by atoms with van der Waals surface area (Å²) < 4.78 is 60.6. The summed E-state index contributed by atoms with van der Waals surface area (Å²) in [4.78, 5) is 14.2. The Kier molecular flexibility index (Phi) is 2.90. The minimum atomic E-state index is -5.17. The maximum Gasteiger partial charge on any atom is 0.492 e. The Balaban J connectivity index is 2.58. The van der Waals surface area contributed by atoms with Gasteiger partial charge >= 0.3 is 12.1 Å². The Morgan fingerprint density at radius 3 is 2.33 bits per heavy atom. The van der Waals surface area contributed by atoms with Crippen molar-refractivity contribution in [3.63, 3.8) is 0 Å². The number of alkyl halides is 5. The van der Waals surface area contributed by atoms with Crippen molar-refractivity contribution in [2.45, 2.75) is 31.5 Å². The lowest BCUT2D eigenvalue weighted by molar-refractivity contribution is -0.242. The smallest absolute Gasteiger partial charge is 0.360 e. The van der Waals surface area contributed by atoms with Crippen molar-refractivity contribution in [1.29, 1.82) is 0 Å². The lowest BCUT2D eigenvalue weighted by Gasteiger charge is -2.19. The number of hydrogen-bond donors (Lipinski definition) is 0. The molecule has 15 heavy (non-hydrogen) atoms. The van der Waals surface area contributed by atoms with Crippen LogP contribution in [-0.2, 0) is 9.63 Å². The zero-order chi connectivity index (χ0) is 11.9. The molecule has 1 atom stereocenters. The largest absolute Gasteiger partial charge is 0.492 e. The predicted octanol–water partition coefficient (Wildman–Crippen LogP) is 1.74. The number of nitrogens with zero attached hydrogens (tertiary/aromatic N) is 1. The van der Waals surface area contributed by atoms with Gasteiger partial charge in [0.2, 0.25) is 0 Å². The lowest BCUT2D eigenvalue weighted by atomic mass is 10.2. The van der Waals surface area contributed by atoms with Crippen LogP contribution >= 0.6 is 0 Å². The van der Waals surface area contributed by atoms with E-state index >= 15 is 0 Å². The highest BCUT2D eigenvalue weighted by molar-refractivity contribution is 5.75. The van der Waals surface area contributed by atoms with E-state index in [1.807, 2.05) is 0 Å². The summed E-state index contributed by atoms with van der Waals surface area (Å²) in [6.07, 6.45) is -5.80.